The summed E-state index contributed by atoms with van der Waals surface area (Å²) in [5.41, 5.74) is 1.84. The Labute approximate surface area is 122 Å². The smallest absolute Gasteiger partial charge is 0.124 e. The Morgan fingerprint density at radius 1 is 1.11 bits per heavy atom. The first kappa shape index (κ1) is 14.2. The van der Waals surface area contributed by atoms with E-state index < -0.39 is 0 Å². The van der Waals surface area contributed by atoms with E-state index in [9.17, 15) is 4.39 Å². The van der Waals surface area contributed by atoms with E-state index >= 15 is 0 Å². The Morgan fingerprint density at radius 3 is 2.37 bits per heavy atom. The van der Waals surface area contributed by atoms with Crippen molar-refractivity contribution in [1.29, 1.82) is 0 Å². The van der Waals surface area contributed by atoms with Gasteiger partial charge in [0.05, 0.1) is 16.8 Å². The predicted molar refractivity (Wildman–Crippen MR) is 79.5 cm³/mol. The molecule has 0 aliphatic carbocycles. The molecule has 1 atom stereocenters. The molecule has 0 radical (unpaired) electrons. The molecular weight excluding hydrogens is 284 g/mol. The molecule has 0 saturated heterocycles. The molecule has 0 aliphatic rings. The van der Waals surface area contributed by atoms with Gasteiger partial charge in [-0.2, -0.15) is 0 Å². The predicted octanol–water partition coefficient (Wildman–Crippen LogP) is 5.70. The molecule has 0 aliphatic heterocycles. The van der Waals surface area contributed by atoms with Crippen molar-refractivity contribution in [3.63, 3.8) is 0 Å². The van der Waals surface area contributed by atoms with Gasteiger partial charge >= 0.3 is 0 Å². The lowest BCUT2D eigenvalue weighted by atomic mass is 10.0. The Bertz CT molecular complexity index is 555. The SMILES string of the molecule is CCC(Nc1ccc(F)cc1Cl)c1ccc(Cl)cc1. The fraction of sp³-hybridized carbons (Fsp3) is 0.200. The van der Waals surface area contributed by atoms with Crippen LogP contribution in [-0.4, -0.2) is 0 Å². The minimum Gasteiger partial charge on any atom is -0.377 e. The van der Waals surface area contributed by atoms with Crippen LogP contribution in [0.25, 0.3) is 0 Å². The molecule has 2 aromatic carbocycles. The van der Waals surface area contributed by atoms with Crippen molar-refractivity contribution in [2.24, 2.45) is 0 Å². The lowest BCUT2D eigenvalue weighted by molar-refractivity contribution is 0.628. The zero-order valence-electron chi connectivity index (χ0n) is 10.5. The molecular formula is C15H14Cl2FN. The standard InChI is InChI=1S/C15H14Cl2FN/c1-2-14(10-3-5-11(16)6-4-10)19-15-8-7-12(18)9-13(15)17/h3-9,14,19H,2H2,1H3. The van der Waals surface area contributed by atoms with Gasteiger partial charge in [-0.25, -0.2) is 4.39 Å². The molecule has 100 valence electrons. The highest BCUT2D eigenvalue weighted by Crippen LogP contribution is 2.29. The van der Waals surface area contributed by atoms with Crippen molar-refractivity contribution in [2.45, 2.75) is 19.4 Å². The first-order valence-corrected chi connectivity index (χ1v) is 6.82. The third kappa shape index (κ3) is 3.62. The first-order chi connectivity index (χ1) is 9.10. The van der Waals surface area contributed by atoms with Crippen LogP contribution >= 0.6 is 23.2 Å². The van der Waals surface area contributed by atoms with E-state index in [1.807, 2.05) is 24.3 Å². The lowest BCUT2D eigenvalue weighted by Crippen LogP contribution is -2.09. The molecule has 0 heterocycles. The summed E-state index contributed by atoms with van der Waals surface area (Å²) in [5.74, 6) is -0.338. The average Bonchev–Trinajstić information content (AvgIpc) is 2.39. The summed E-state index contributed by atoms with van der Waals surface area (Å²) >= 11 is 11.9. The number of rotatable bonds is 4. The molecule has 2 aromatic rings. The van der Waals surface area contributed by atoms with Crippen molar-refractivity contribution >= 4 is 28.9 Å². The summed E-state index contributed by atoms with van der Waals surface area (Å²) in [6.45, 7) is 2.07. The van der Waals surface area contributed by atoms with E-state index in [1.165, 1.54) is 12.1 Å². The van der Waals surface area contributed by atoms with E-state index in [2.05, 4.69) is 12.2 Å². The van der Waals surface area contributed by atoms with Crippen LogP contribution in [0.5, 0.6) is 0 Å². The summed E-state index contributed by atoms with van der Waals surface area (Å²) in [5, 5.41) is 4.41. The Morgan fingerprint density at radius 2 is 1.79 bits per heavy atom. The van der Waals surface area contributed by atoms with Crippen LogP contribution in [0.3, 0.4) is 0 Å². The average molecular weight is 298 g/mol. The molecule has 4 heteroatoms. The van der Waals surface area contributed by atoms with Crippen LogP contribution in [0.15, 0.2) is 42.5 Å². The highest BCUT2D eigenvalue weighted by molar-refractivity contribution is 6.33. The summed E-state index contributed by atoms with van der Waals surface area (Å²) in [6.07, 6.45) is 0.884. The third-order valence-corrected chi connectivity index (χ3v) is 3.51. The number of halogens is 3. The maximum absolute atomic E-state index is 13.0. The normalized spacial score (nSPS) is 12.2. The number of hydrogen-bond acceptors (Lipinski definition) is 1. The Balaban J connectivity index is 2.21. The molecule has 1 unspecified atom stereocenters. The fourth-order valence-corrected chi connectivity index (χ4v) is 2.26. The highest BCUT2D eigenvalue weighted by atomic mass is 35.5. The molecule has 0 fully saturated rings. The van der Waals surface area contributed by atoms with Gasteiger partial charge in [-0.1, -0.05) is 42.3 Å². The second kappa shape index (κ2) is 6.27. The van der Waals surface area contributed by atoms with Gasteiger partial charge in [0.25, 0.3) is 0 Å². The van der Waals surface area contributed by atoms with E-state index in [1.54, 1.807) is 6.07 Å². The summed E-state index contributed by atoms with van der Waals surface area (Å²) < 4.78 is 13.0. The zero-order chi connectivity index (χ0) is 13.8. The maximum atomic E-state index is 13.0. The van der Waals surface area contributed by atoms with Gasteiger partial charge in [-0.05, 0) is 42.3 Å². The Hall–Kier alpha value is -1.25. The van der Waals surface area contributed by atoms with Crippen molar-refractivity contribution in [2.75, 3.05) is 5.32 Å². The van der Waals surface area contributed by atoms with Gasteiger partial charge in [0.15, 0.2) is 0 Å². The molecule has 2 rings (SSSR count). The molecule has 0 spiro atoms. The zero-order valence-corrected chi connectivity index (χ0v) is 12.0. The molecule has 0 aromatic heterocycles. The number of benzene rings is 2. The number of hydrogen-bond donors (Lipinski definition) is 1. The largest absolute Gasteiger partial charge is 0.377 e. The third-order valence-electron chi connectivity index (χ3n) is 2.94. The van der Waals surface area contributed by atoms with Crippen LogP contribution in [0.1, 0.15) is 24.9 Å². The van der Waals surface area contributed by atoms with E-state index in [0.717, 1.165) is 17.7 Å². The van der Waals surface area contributed by atoms with Crippen LogP contribution in [0.2, 0.25) is 10.0 Å². The summed E-state index contributed by atoms with van der Waals surface area (Å²) in [7, 11) is 0. The summed E-state index contributed by atoms with van der Waals surface area (Å²) in [4.78, 5) is 0. The monoisotopic (exact) mass is 297 g/mol. The van der Waals surface area contributed by atoms with Gasteiger partial charge in [-0.15, -0.1) is 0 Å². The van der Waals surface area contributed by atoms with Gasteiger partial charge in [0.1, 0.15) is 5.82 Å². The van der Waals surface area contributed by atoms with Crippen molar-refractivity contribution in [3.8, 4) is 0 Å². The van der Waals surface area contributed by atoms with Crippen LogP contribution in [0, 0.1) is 5.82 Å². The van der Waals surface area contributed by atoms with E-state index in [-0.39, 0.29) is 11.9 Å². The second-order valence-electron chi connectivity index (χ2n) is 4.28. The van der Waals surface area contributed by atoms with E-state index in [4.69, 9.17) is 23.2 Å². The topological polar surface area (TPSA) is 12.0 Å². The van der Waals surface area contributed by atoms with Crippen LogP contribution in [-0.2, 0) is 0 Å². The van der Waals surface area contributed by atoms with Gasteiger partial charge in [0, 0.05) is 5.02 Å². The van der Waals surface area contributed by atoms with Crippen molar-refractivity contribution in [1.82, 2.24) is 0 Å². The lowest BCUT2D eigenvalue weighted by Gasteiger charge is -2.19. The summed E-state index contributed by atoms with van der Waals surface area (Å²) in [6, 6.07) is 12.1. The number of nitrogens with one attached hydrogen (secondary N) is 1. The minimum absolute atomic E-state index is 0.111. The fourth-order valence-electron chi connectivity index (χ4n) is 1.91. The van der Waals surface area contributed by atoms with Crippen molar-refractivity contribution < 1.29 is 4.39 Å². The van der Waals surface area contributed by atoms with Gasteiger partial charge < -0.3 is 5.32 Å². The molecule has 0 bridgehead atoms. The molecule has 1 nitrogen and oxygen atoms in total. The molecule has 19 heavy (non-hydrogen) atoms. The van der Waals surface area contributed by atoms with Gasteiger partial charge in [-0.3, -0.25) is 0 Å². The number of anilines is 1. The first-order valence-electron chi connectivity index (χ1n) is 6.07. The Kier molecular flexibility index (Phi) is 4.67. The van der Waals surface area contributed by atoms with Crippen LogP contribution < -0.4 is 5.32 Å². The molecule has 1 N–H and O–H groups in total. The molecule has 0 amide bonds. The minimum atomic E-state index is -0.338. The van der Waals surface area contributed by atoms with Gasteiger partial charge in [0.2, 0.25) is 0 Å². The maximum Gasteiger partial charge on any atom is 0.124 e. The van der Waals surface area contributed by atoms with E-state index in [0.29, 0.717) is 10.0 Å². The van der Waals surface area contributed by atoms with Crippen LogP contribution in [0.4, 0.5) is 10.1 Å². The highest BCUT2D eigenvalue weighted by Gasteiger charge is 2.11. The quantitative estimate of drug-likeness (QED) is 0.764. The molecule has 0 saturated carbocycles. The second-order valence-corrected chi connectivity index (χ2v) is 5.12. The van der Waals surface area contributed by atoms with Crippen molar-refractivity contribution in [3.05, 3.63) is 63.9 Å².